The number of nitrogens with one attached hydrogen (secondary N) is 1. The fraction of sp³-hybridized carbons (Fsp3) is 0.261. The highest BCUT2D eigenvalue weighted by molar-refractivity contribution is 6.30. The zero-order valence-electron chi connectivity index (χ0n) is 17.0. The van der Waals surface area contributed by atoms with E-state index in [4.69, 9.17) is 17.3 Å². The summed E-state index contributed by atoms with van der Waals surface area (Å²) in [6.45, 7) is 2.35. The lowest BCUT2D eigenvalue weighted by atomic mass is 10.1. The highest BCUT2D eigenvalue weighted by Crippen LogP contribution is 2.26. The monoisotopic (exact) mass is 437 g/mol. The molecule has 7 nitrogen and oxygen atoms in total. The SMILES string of the molecule is NC(=O)c1cc(C(=O)NCC(c2cccc(Cl)c2)N2CCCC2)nn1-c1ccccc1. The number of primary amides is 1. The summed E-state index contributed by atoms with van der Waals surface area (Å²) in [6.07, 6.45) is 2.27. The zero-order valence-corrected chi connectivity index (χ0v) is 17.8. The van der Waals surface area contributed by atoms with Crippen LogP contribution in [0.5, 0.6) is 0 Å². The lowest BCUT2D eigenvalue weighted by Gasteiger charge is -2.28. The number of hydrogen-bond donors (Lipinski definition) is 2. The Balaban J connectivity index is 1.55. The van der Waals surface area contributed by atoms with Crippen LogP contribution in [0, 0.1) is 0 Å². The van der Waals surface area contributed by atoms with Crippen molar-refractivity contribution < 1.29 is 9.59 Å². The summed E-state index contributed by atoms with van der Waals surface area (Å²) in [7, 11) is 0. The molecule has 2 aromatic carbocycles. The molecule has 1 atom stereocenters. The molecule has 3 N–H and O–H groups in total. The number of likely N-dealkylation sites (tertiary alicyclic amines) is 1. The van der Waals surface area contributed by atoms with Crippen LogP contribution in [0.4, 0.5) is 0 Å². The number of rotatable bonds is 7. The molecular weight excluding hydrogens is 414 g/mol. The van der Waals surface area contributed by atoms with Crippen LogP contribution in [0.1, 0.15) is 45.4 Å². The van der Waals surface area contributed by atoms with Crippen molar-refractivity contribution in [3.63, 3.8) is 0 Å². The molecule has 1 unspecified atom stereocenters. The molecule has 3 aromatic rings. The average Bonchev–Trinajstić information content (AvgIpc) is 3.45. The number of carbonyl (C=O) groups excluding carboxylic acids is 2. The van der Waals surface area contributed by atoms with E-state index in [1.54, 1.807) is 12.1 Å². The molecule has 1 fully saturated rings. The van der Waals surface area contributed by atoms with Crippen molar-refractivity contribution >= 4 is 23.4 Å². The maximum absolute atomic E-state index is 12.9. The number of para-hydroxylation sites is 1. The topological polar surface area (TPSA) is 93.2 Å². The highest BCUT2D eigenvalue weighted by atomic mass is 35.5. The van der Waals surface area contributed by atoms with Gasteiger partial charge in [0.15, 0.2) is 5.69 Å². The van der Waals surface area contributed by atoms with Crippen molar-refractivity contribution in [1.29, 1.82) is 0 Å². The van der Waals surface area contributed by atoms with E-state index in [0.717, 1.165) is 31.5 Å². The second kappa shape index (κ2) is 9.32. The fourth-order valence-electron chi connectivity index (χ4n) is 3.94. The van der Waals surface area contributed by atoms with Crippen LogP contribution >= 0.6 is 11.6 Å². The quantitative estimate of drug-likeness (QED) is 0.593. The molecule has 8 heteroatoms. The van der Waals surface area contributed by atoms with E-state index in [1.807, 2.05) is 42.5 Å². The number of amides is 2. The van der Waals surface area contributed by atoms with Crippen LogP contribution in [0.25, 0.3) is 5.69 Å². The summed E-state index contributed by atoms with van der Waals surface area (Å²) in [5, 5.41) is 7.97. The third-order valence-corrected chi connectivity index (χ3v) is 5.70. The maximum Gasteiger partial charge on any atom is 0.271 e. The van der Waals surface area contributed by atoms with Gasteiger partial charge in [0.2, 0.25) is 0 Å². The largest absolute Gasteiger partial charge is 0.364 e. The summed E-state index contributed by atoms with van der Waals surface area (Å²) < 4.78 is 1.40. The predicted octanol–water partition coefficient (Wildman–Crippen LogP) is 3.19. The fourth-order valence-corrected chi connectivity index (χ4v) is 4.14. The van der Waals surface area contributed by atoms with Crippen molar-refractivity contribution in [1.82, 2.24) is 20.0 Å². The van der Waals surface area contributed by atoms with E-state index in [2.05, 4.69) is 15.3 Å². The van der Waals surface area contributed by atoms with Crippen molar-refractivity contribution in [3.8, 4) is 5.69 Å². The van der Waals surface area contributed by atoms with Crippen molar-refractivity contribution in [2.24, 2.45) is 5.73 Å². The molecule has 0 aliphatic carbocycles. The molecule has 0 saturated carbocycles. The molecule has 2 heterocycles. The normalized spacial score (nSPS) is 15.0. The molecule has 0 spiro atoms. The van der Waals surface area contributed by atoms with Gasteiger partial charge >= 0.3 is 0 Å². The summed E-state index contributed by atoms with van der Waals surface area (Å²) in [5.74, 6) is -1.01. The number of hydrogen-bond acceptors (Lipinski definition) is 4. The van der Waals surface area contributed by atoms with Crippen LogP contribution in [-0.4, -0.2) is 46.1 Å². The molecule has 31 heavy (non-hydrogen) atoms. The van der Waals surface area contributed by atoms with Crippen LogP contribution < -0.4 is 11.1 Å². The third kappa shape index (κ3) is 4.78. The van der Waals surface area contributed by atoms with E-state index in [9.17, 15) is 9.59 Å². The number of nitrogens with two attached hydrogens (primary N) is 1. The van der Waals surface area contributed by atoms with Gasteiger partial charge in [0.1, 0.15) is 5.69 Å². The van der Waals surface area contributed by atoms with Gasteiger partial charge in [-0.3, -0.25) is 14.5 Å². The zero-order chi connectivity index (χ0) is 21.8. The Kier molecular flexibility index (Phi) is 6.34. The molecule has 1 aliphatic rings. The van der Waals surface area contributed by atoms with Gasteiger partial charge in [-0.2, -0.15) is 5.10 Å². The van der Waals surface area contributed by atoms with Gasteiger partial charge in [0, 0.05) is 17.6 Å². The van der Waals surface area contributed by atoms with Crippen LogP contribution in [0.2, 0.25) is 5.02 Å². The van der Waals surface area contributed by atoms with Gasteiger partial charge in [-0.1, -0.05) is 41.9 Å². The minimum atomic E-state index is -0.649. The summed E-state index contributed by atoms with van der Waals surface area (Å²) in [4.78, 5) is 27.1. The van der Waals surface area contributed by atoms with Gasteiger partial charge < -0.3 is 11.1 Å². The number of benzene rings is 2. The van der Waals surface area contributed by atoms with Gasteiger partial charge in [0.25, 0.3) is 11.8 Å². The smallest absolute Gasteiger partial charge is 0.271 e. The highest BCUT2D eigenvalue weighted by Gasteiger charge is 2.25. The van der Waals surface area contributed by atoms with Crippen LogP contribution in [0.3, 0.4) is 0 Å². The number of nitrogens with zero attached hydrogens (tertiary/aromatic N) is 3. The molecule has 1 aliphatic heterocycles. The minimum absolute atomic E-state index is 0.0111. The second-order valence-electron chi connectivity index (χ2n) is 7.55. The molecular formula is C23H24ClN5O2. The molecule has 1 saturated heterocycles. The number of carbonyl (C=O) groups is 2. The molecule has 2 amide bonds. The first-order chi connectivity index (χ1) is 15.0. The van der Waals surface area contributed by atoms with Gasteiger partial charge in [-0.05, 0) is 55.8 Å². The first-order valence-electron chi connectivity index (χ1n) is 10.3. The number of aromatic nitrogens is 2. The molecule has 1 aromatic heterocycles. The lowest BCUT2D eigenvalue weighted by molar-refractivity contribution is 0.0931. The molecule has 0 bridgehead atoms. The van der Waals surface area contributed by atoms with E-state index >= 15 is 0 Å². The van der Waals surface area contributed by atoms with E-state index in [-0.39, 0.29) is 23.3 Å². The van der Waals surface area contributed by atoms with Crippen LogP contribution in [0.15, 0.2) is 60.7 Å². The molecule has 160 valence electrons. The Morgan fingerprint density at radius 3 is 2.48 bits per heavy atom. The van der Waals surface area contributed by atoms with E-state index in [1.165, 1.54) is 10.7 Å². The minimum Gasteiger partial charge on any atom is -0.364 e. The van der Waals surface area contributed by atoms with Crippen molar-refractivity contribution in [2.45, 2.75) is 18.9 Å². The van der Waals surface area contributed by atoms with Gasteiger partial charge in [-0.15, -0.1) is 0 Å². The standard InChI is InChI=1S/C23H24ClN5O2/c24-17-8-6-7-16(13-17)21(28-11-4-5-12-28)15-26-23(31)19-14-20(22(25)30)29(27-19)18-9-2-1-3-10-18/h1-3,6-10,13-14,21H,4-5,11-12,15H2,(H2,25,30)(H,26,31). The van der Waals surface area contributed by atoms with E-state index < -0.39 is 5.91 Å². The Morgan fingerprint density at radius 2 is 1.81 bits per heavy atom. The molecule has 0 radical (unpaired) electrons. The van der Waals surface area contributed by atoms with E-state index in [0.29, 0.717) is 17.3 Å². The van der Waals surface area contributed by atoms with Gasteiger partial charge in [0.05, 0.1) is 11.7 Å². The lowest BCUT2D eigenvalue weighted by Crippen LogP contribution is -2.37. The average molecular weight is 438 g/mol. The summed E-state index contributed by atoms with van der Waals surface area (Å²) >= 11 is 6.20. The Morgan fingerprint density at radius 1 is 1.06 bits per heavy atom. The number of halogens is 1. The first kappa shape index (κ1) is 21.1. The van der Waals surface area contributed by atoms with Crippen molar-refractivity contribution in [2.75, 3.05) is 19.6 Å². The summed E-state index contributed by atoms with van der Waals surface area (Å²) in [6, 6.07) is 18.3. The first-order valence-corrected chi connectivity index (χ1v) is 10.6. The van der Waals surface area contributed by atoms with Crippen molar-refractivity contribution in [3.05, 3.63) is 82.6 Å². The Bertz CT molecular complexity index is 1080. The molecule has 4 rings (SSSR count). The predicted molar refractivity (Wildman–Crippen MR) is 119 cm³/mol. The van der Waals surface area contributed by atoms with Gasteiger partial charge in [-0.25, -0.2) is 4.68 Å². The maximum atomic E-state index is 12.9. The second-order valence-corrected chi connectivity index (χ2v) is 7.99. The third-order valence-electron chi connectivity index (χ3n) is 5.47. The Labute approximate surface area is 185 Å². The van der Waals surface area contributed by atoms with Crippen LogP contribution in [-0.2, 0) is 0 Å². The Hall–Kier alpha value is -3.16. The summed E-state index contributed by atoms with van der Waals surface area (Å²) in [5.41, 5.74) is 7.52.